The lowest BCUT2D eigenvalue weighted by atomic mass is 10.1. The molecule has 4 aromatic rings. The van der Waals surface area contributed by atoms with Crippen LogP contribution in [0, 0.1) is 0 Å². The van der Waals surface area contributed by atoms with Gasteiger partial charge in [-0.25, -0.2) is 4.98 Å². The Labute approximate surface area is 131 Å². The summed E-state index contributed by atoms with van der Waals surface area (Å²) in [6.45, 7) is 0. The number of aryl methyl sites for hydroxylation is 1. The number of benzene rings is 2. The van der Waals surface area contributed by atoms with Crippen LogP contribution in [0.3, 0.4) is 0 Å². The van der Waals surface area contributed by atoms with Crippen molar-refractivity contribution in [2.24, 2.45) is 7.05 Å². The van der Waals surface area contributed by atoms with Crippen molar-refractivity contribution in [1.29, 1.82) is 0 Å². The first-order valence-electron chi connectivity index (χ1n) is 6.98. The second-order valence-electron chi connectivity index (χ2n) is 5.09. The lowest BCUT2D eigenvalue weighted by Gasteiger charge is -2.00. The van der Waals surface area contributed by atoms with Crippen LogP contribution in [0.25, 0.3) is 32.0 Å². The molecule has 0 unspecified atom stereocenters. The molecule has 0 spiro atoms. The van der Waals surface area contributed by atoms with Crippen molar-refractivity contribution in [2.75, 3.05) is 5.73 Å². The minimum absolute atomic E-state index is 0.637. The summed E-state index contributed by atoms with van der Waals surface area (Å²) < 4.78 is 2.86. The Bertz CT molecular complexity index is 920. The topological polar surface area (TPSA) is 56.7 Å². The number of aromatic nitrogens is 3. The molecule has 0 bridgehead atoms. The molecule has 0 aliphatic carbocycles. The zero-order valence-corrected chi connectivity index (χ0v) is 12.8. The van der Waals surface area contributed by atoms with Crippen LogP contribution in [0.5, 0.6) is 0 Å². The summed E-state index contributed by atoms with van der Waals surface area (Å²) in [4.78, 5) is 4.73. The van der Waals surface area contributed by atoms with Crippen LogP contribution in [-0.4, -0.2) is 14.8 Å². The van der Waals surface area contributed by atoms with Crippen molar-refractivity contribution in [2.45, 2.75) is 0 Å². The van der Waals surface area contributed by atoms with Crippen LogP contribution >= 0.6 is 11.3 Å². The molecule has 22 heavy (non-hydrogen) atoms. The third kappa shape index (κ3) is 1.98. The van der Waals surface area contributed by atoms with E-state index in [1.54, 1.807) is 16.0 Å². The first kappa shape index (κ1) is 13.0. The maximum absolute atomic E-state index is 6.26. The molecule has 0 aliphatic heterocycles. The first-order chi connectivity index (χ1) is 10.7. The molecule has 4 rings (SSSR count). The Morgan fingerprint density at radius 1 is 1.00 bits per heavy atom. The number of hydrogen-bond donors (Lipinski definition) is 1. The fourth-order valence-electron chi connectivity index (χ4n) is 2.53. The summed E-state index contributed by atoms with van der Waals surface area (Å²) >= 11 is 1.64. The maximum atomic E-state index is 6.26. The SMILES string of the molecule is Cn1nc(-c2ccccc2)c(-c2nc3ccccc3s2)c1N. The van der Waals surface area contributed by atoms with Gasteiger partial charge >= 0.3 is 0 Å². The molecule has 2 aromatic heterocycles. The van der Waals surface area contributed by atoms with Crippen LogP contribution < -0.4 is 5.73 Å². The van der Waals surface area contributed by atoms with E-state index in [-0.39, 0.29) is 0 Å². The lowest BCUT2D eigenvalue weighted by Crippen LogP contribution is -1.97. The summed E-state index contributed by atoms with van der Waals surface area (Å²) in [6, 6.07) is 18.2. The zero-order chi connectivity index (χ0) is 15.1. The molecule has 4 nitrogen and oxygen atoms in total. The van der Waals surface area contributed by atoms with Gasteiger partial charge in [-0.1, -0.05) is 42.5 Å². The molecular weight excluding hydrogens is 292 g/mol. The third-order valence-electron chi connectivity index (χ3n) is 3.65. The molecule has 2 heterocycles. The number of anilines is 1. The Hall–Kier alpha value is -2.66. The standard InChI is InChI=1S/C17H14N4S/c1-21-16(18)14(15(20-21)11-7-3-2-4-8-11)17-19-12-9-5-6-10-13(12)22-17/h2-10H,18H2,1H3. The number of rotatable bonds is 2. The van der Waals surface area contributed by atoms with Gasteiger partial charge in [-0.15, -0.1) is 11.3 Å². The highest BCUT2D eigenvalue weighted by Crippen LogP contribution is 2.39. The highest BCUT2D eigenvalue weighted by Gasteiger charge is 2.20. The summed E-state index contributed by atoms with van der Waals surface area (Å²) in [5.74, 6) is 0.637. The highest BCUT2D eigenvalue weighted by atomic mass is 32.1. The molecule has 0 amide bonds. The van der Waals surface area contributed by atoms with E-state index in [1.807, 2.05) is 55.6 Å². The quantitative estimate of drug-likeness (QED) is 0.610. The number of thiazole rings is 1. The number of nitrogen functional groups attached to an aromatic ring is 1. The van der Waals surface area contributed by atoms with Gasteiger partial charge in [0.2, 0.25) is 0 Å². The van der Waals surface area contributed by atoms with Gasteiger partial charge < -0.3 is 5.73 Å². The maximum Gasteiger partial charge on any atom is 0.132 e. The van der Waals surface area contributed by atoms with Crippen LogP contribution in [0.2, 0.25) is 0 Å². The minimum Gasteiger partial charge on any atom is -0.383 e. The van der Waals surface area contributed by atoms with Gasteiger partial charge in [0.15, 0.2) is 0 Å². The van der Waals surface area contributed by atoms with Crippen LogP contribution in [0.4, 0.5) is 5.82 Å². The Morgan fingerprint density at radius 2 is 1.73 bits per heavy atom. The van der Waals surface area contributed by atoms with Crippen molar-refractivity contribution < 1.29 is 0 Å². The van der Waals surface area contributed by atoms with Gasteiger partial charge in [0, 0.05) is 12.6 Å². The van der Waals surface area contributed by atoms with Gasteiger partial charge in [0.1, 0.15) is 16.5 Å². The normalized spacial score (nSPS) is 11.1. The molecule has 0 atom stereocenters. The largest absolute Gasteiger partial charge is 0.383 e. The van der Waals surface area contributed by atoms with Crippen LogP contribution in [0.15, 0.2) is 54.6 Å². The molecule has 0 fully saturated rings. The van der Waals surface area contributed by atoms with Crippen molar-refractivity contribution in [1.82, 2.24) is 14.8 Å². The van der Waals surface area contributed by atoms with Crippen molar-refractivity contribution >= 4 is 27.4 Å². The molecule has 0 aliphatic rings. The predicted octanol–water partition coefficient (Wildman–Crippen LogP) is 3.95. The van der Waals surface area contributed by atoms with Gasteiger partial charge in [0.05, 0.1) is 15.8 Å². The molecule has 5 heteroatoms. The number of hydrogen-bond acceptors (Lipinski definition) is 4. The molecule has 0 radical (unpaired) electrons. The van der Waals surface area contributed by atoms with E-state index in [0.29, 0.717) is 5.82 Å². The number of nitrogens with zero attached hydrogens (tertiary/aromatic N) is 3. The fourth-order valence-corrected chi connectivity index (χ4v) is 3.55. The third-order valence-corrected chi connectivity index (χ3v) is 4.70. The summed E-state index contributed by atoms with van der Waals surface area (Å²) in [6.07, 6.45) is 0. The summed E-state index contributed by atoms with van der Waals surface area (Å²) in [5, 5.41) is 5.49. The molecule has 0 saturated heterocycles. The Morgan fingerprint density at radius 3 is 2.50 bits per heavy atom. The van der Waals surface area contributed by atoms with Gasteiger partial charge in [-0.3, -0.25) is 4.68 Å². The predicted molar refractivity (Wildman–Crippen MR) is 91.7 cm³/mol. The number of para-hydroxylation sites is 1. The van der Waals surface area contributed by atoms with Gasteiger partial charge in [0.25, 0.3) is 0 Å². The van der Waals surface area contributed by atoms with Crippen LogP contribution in [-0.2, 0) is 7.05 Å². The Kier molecular flexibility index (Phi) is 2.94. The molecule has 2 N–H and O–H groups in total. The van der Waals surface area contributed by atoms with E-state index in [4.69, 9.17) is 10.7 Å². The van der Waals surface area contributed by atoms with E-state index in [9.17, 15) is 0 Å². The van der Waals surface area contributed by atoms with Gasteiger partial charge in [-0.05, 0) is 12.1 Å². The second kappa shape index (κ2) is 4.96. The van der Waals surface area contributed by atoms with Crippen molar-refractivity contribution in [3.63, 3.8) is 0 Å². The number of nitrogens with two attached hydrogens (primary N) is 1. The second-order valence-corrected chi connectivity index (χ2v) is 6.12. The van der Waals surface area contributed by atoms with E-state index in [2.05, 4.69) is 11.2 Å². The minimum atomic E-state index is 0.637. The van der Waals surface area contributed by atoms with Crippen LogP contribution in [0.1, 0.15) is 0 Å². The smallest absolute Gasteiger partial charge is 0.132 e. The molecule has 0 saturated carbocycles. The molecular formula is C17H14N4S. The average Bonchev–Trinajstić information content (AvgIpc) is 3.09. The molecule has 2 aromatic carbocycles. The van der Waals surface area contributed by atoms with E-state index in [1.165, 1.54) is 0 Å². The average molecular weight is 306 g/mol. The fraction of sp³-hybridized carbons (Fsp3) is 0.0588. The van der Waals surface area contributed by atoms with Crippen molar-refractivity contribution in [3.05, 3.63) is 54.6 Å². The Balaban J connectivity index is 1.98. The first-order valence-corrected chi connectivity index (χ1v) is 7.79. The van der Waals surface area contributed by atoms with E-state index >= 15 is 0 Å². The number of fused-ring (bicyclic) bond motifs is 1. The molecule has 108 valence electrons. The van der Waals surface area contributed by atoms with E-state index < -0.39 is 0 Å². The summed E-state index contributed by atoms with van der Waals surface area (Å²) in [7, 11) is 1.86. The van der Waals surface area contributed by atoms with Crippen molar-refractivity contribution in [3.8, 4) is 21.8 Å². The summed E-state index contributed by atoms with van der Waals surface area (Å²) in [5.41, 5.74) is 10.1. The zero-order valence-electron chi connectivity index (χ0n) is 12.0. The lowest BCUT2D eigenvalue weighted by molar-refractivity contribution is 0.782. The monoisotopic (exact) mass is 306 g/mol. The van der Waals surface area contributed by atoms with E-state index in [0.717, 1.165) is 32.0 Å². The highest BCUT2D eigenvalue weighted by molar-refractivity contribution is 7.21. The van der Waals surface area contributed by atoms with Gasteiger partial charge in [-0.2, -0.15) is 5.10 Å².